The van der Waals surface area contributed by atoms with Gasteiger partial charge in [-0.05, 0) is 25.8 Å². The number of rotatable bonds is 7. The molecule has 0 radical (unpaired) electrons. The van der Waals surface area contributed by atoms with Crippen molar-refractivity contribution in [3.8, 4) is 0 Å². The second kappa shape index (κ2) is 9.20. The van der Waals surface area contributed by atoms with Crippen LogP contribution in [0.15, 0.2) is 20.9 Å². The van der Waals surface area contributed by atoms with Crippen molar-refractivity contribution in [1.29, 1.82) is 0 Å². The quantitative estimate of drug-likeness (QED) is 0.307. The third-order valence-corrected chi connectivity index (χ3v) is 4.16. The number of ether oxygens (including phenoxy) is 3. The first kappa shape index (κ1) is 21.2. The van der Waals surface area contributed by atoms with Crippen LogP contribution in [-0.4, -0.2) is 46.3 Å². The topological polar surface area (TPSA) is 165 Å². The van der Waals surface area contributed by atoms with Crippen LogP contribution >= 0.6 is 0 Å². The molecular formula is C16H21N5O7. The van der Waals surface area contributed by atoms with Gasteiger partial charge in [0.1, 0.15) is 6.04 Å². The number of aryl methyl sites for hydroxylation is 1. The molecule has 1 aromatic rings. The number of carbonyl (C=O) groups excluding carboxylic acids is 2. The van der Waals surface area contributed by atoms with Crippen LogP contribution in [0.5, 0.6) is 0 Å². The third-order valence-electron chi connectivity index (χ3n) is 4.16. The average Bonchev–Trinajstić information content (AvgIpc) is 2.94. The van der Waals surface area contributed by atoms with E-state index in [2.05, 4.69) is 15.0 Å². The molecule has 0 aliphatic carbocycles. The molecule has 1 aliphatic heterocycles. The zero-order chi connectivity index (χ0) is 20.8. The summed E-state index contributed by atoms with van der Waals surface area (Å²) in [6.45, 7) is 4.55. The van der Waals surface area contributed by atoms with E-state index in [4.69, 9.17) is 19.7 Å². The molecule has 0 aromatic carbocycles. The lowest BCUT2D eigenvalue weighted by Gasteiger charge is -2.22. The Labute approximate surface area is 159 Å². The summed E-state index contributed by atoms with van der Waals surface area (Å²) in [5.74, 6) is -1.13. The number of esters is 2. The summed E-state index contributed by atoms with van der Waals surface area (Å²) in [7, 11) is 0. The van der Waals surface area contributed by atoms with E-state index < -0.39 is 47.7 Å². The van der Waals surface area contributed by atoms with E-state index in [1.54, 1.807) is 6.92 Å². The number of carbonyl (C=O) groups is 2. The summed E-state index contributed by atoms with van der Waals surface area (Å²) >= 11 is 0. The molecule has 0 spiro atoms. The number of aromatic nitrogens is 2. The Morgan fingerprint density at radius 3 is 2.75 bits per heavy atom. The highest BCUT2D eigenvalue weighted by Crippen LogP contribution is 2.35. The molecule has 2 heterocycles. The number of azide groups is 1. The van der Waals surface area contributed by atoms with E-state index in [0.717, 1.165) is 11.5 Å². The normalized spacial score (nSPS) is 23.7. The van der Waals surface area contributed by atoms with E-state index in [-0.39, 0.29) is 25.0 Å². The molecule has 12 nitrogen and oxygen atoms in total. The lowest BCUT2D eigenvalue weighted by molar-refractivity contribution is -0.152. The fourth-order valence-corrected chi connectivity index (χ4v) is 2.97. The van der Waals surface area contributed by atoms with Gasteiger partial charge in [0.25, 0.3) is 5.56 Å². The van der Waals surface area contributed by atoms with Gasteiger partial charge in [0.05, 0.1) is 12.7 Å². The minimum absolute atomic E-state index is 0.0188. The lowest BCUT2D eigenvalue weighted by Crippen LogP contribution is -2.40. The molecule has 12 heteroatoms. The Kier molecular flexibility index (Phi) is 6.96. The second-order valence-corrected chi connectivity index (χ2v) is 6.16. The number of H-pyrrole nitrogens is 1. The molecule has 2 rings (SSSR count). The molecule has 1 saturated heterocycles. The van der Waals surface area contributed by atoms with Gasteiger partial charge < -0.3 is 14.2 Å². The second-order valence-electron chi connectivity index (χ2n) is 6.16. The van der Waals surface area contributed by atoms with Crippen molar-refractivity contribution in [3.63, 3.8) is 0 Å². The number of aromatic amines is 1. The predicted molar refractivity (Wildman–Crippen MR) is 94.3 cm³/mol. The minimum atomic E-state index is -1.14. The zero-order valence-corrected chi connectivity index (χ0v) is 15.7. The summed E-state index contributed by atoms with van der Waals surface area (Å²) in [5, 5.41) is 3.65. The number of hydrogen-bond acceptors (Lipinski definition) is 8. The number of nitrogens with one attached hydrogen (secondary N) is 1. The van der Waals surface area contributed by atoms with Crippen LogP contribution in [0, 0.1) is 6.92 Å². The summed E-state index contributed by atoms with van der Waals surface area (Å²) in [5.41, 5.74) is 7.80. The maximum absolute atomic E-state index is 12.2. The van der Waals surface area contributed by atoms with E-state index in [1.807, 2.05) is 0 Å². The molecule has 152 valence electrons. The lowest BCUT2D eigenvalue weighted by atomic mass is 10.0. The molecule has 0 bridgehead atoms. The van der Waals surface area contributed by atoms with E-state index in [9.17, 15) is 19.2 Å². The Hall–Kier alpha value is -3.11. The molecule has 1 fully saturated rings. The molecule has 4 atom stereocenters. The molecule has 1 aromatic heterocycles. The molecule has 0 unspecified atom stereocenters. The van der Waals surface area contributed by atoms with Crippen molar-refractivity contribution in [2.24, 2.45) is 5.11 Å². The fraction of sp³-hybridized carbons (Fsp3) is 0.625. The Bertz CT molecular complexity index is 901. The first-order chi connectivity index (χ1) is 13.3. The van der Waals surface area contributed by atoms with Crippen LogP contribution in [0.25, 0.3) is 10.4 Å². The average molecular weight is 395 g/mol. The van der Waals surface area contributed by atoms with Crippen molar-refractivity contribution in [2.75, 3.05) is 6.61 Å². The van der Waals surface area contributed by atoms with Crippen molar-refractivity contribution >= 4 is 11.9 Å². The van der Waals surface area contributed by atoms with Gasteiger partial charge in [-0.25, -0.2) is 4.79 Å². The van der Waals surface area contributed by atoms with Gasteiger partial charge in [0.15, 0.2) is 12.3 Å². The van der Waals surface area contributed by atoms with E-state index >= 15 is 0 Å². The van der Waals surface area contributed by atoms with Gasteiger partial charge in [-0.1, -0.05) is 5.11 Å². The summed E-state index contributed by atoms with van der Waals surface area (Å²) in [6, 6.07) is -0.979. The highest BCUT2D eigenvalue weighted by Gasteiger charge is 2.47. The molecule has 1 N–H and O–H groups in total. The molecule has 0 saturated carbocycles. The van der Waals surface area contributed by atoms with Gasteiger partial charge in [-0.3, -0.25) is 23.9 Å². The Morgan fingerprint density at radius 2 is 2.14 bits per heavy atom. The van der Waals surface area contributed by atoms with Crippen molar-refractivity contribution in [1.82, 2.24) is 9.55 Å². The molecule has 0 amide bonds. The highest BCUT2D eigenvalue weighted by molar-refractivity contribution is 5.69. The summed E-state index contributed by atoms with van der Waals surface area (Å²) in [4.78, 5) is 52.0. The van der Waals surface area contributed by atoms with Gasteiger partial charge in [0.2, 0.25) is 0 Å². The van der Waals surface area contributed by atoms with Crippen LogP contribution in [0.3, 0.4) is 0 Å². The molecule has 1 aliphatic rings. The predicted octanol–water partition coefficient (Wildman–Crippen LogP) is 0.696. The van der Waals surface area contributed by atoms with Crippen molar-refractivity contribution < 1.29 is 23.8 Å². The van der Waals surface area contributed by atoms with E-state index in [0.29, 0.717) is 0 Å². The standard InChI is InChI=1S/C16H21N5O7/c1-4-26-11(23)6-5-10-12(19-20-17)13(27-9(3)22)15(28-10)21-7-8(2)14(24)18-16(21)25/h7,10,12-13,15H,4-6H2,1-3H3,(H,18,24,25)/t10-,12-,13-,15-/m1/s1. The van der Waals surface area contributed by atoms with Gasteiger partial charge in [-0.15, -0.1) is 0 Å². The minimum Gasteiger partial charge on any atom is -0.466 e. The van der Waals surface area contributed by atoms with Crippen LogP contribution in [0.1, 0.15) is 38.5 Å². The first-order valence-corrected chi connectivity index (χ1v) is 8.63. The van der Waals surface area contributed by atoms with Crippen LogP contribution in [0.4, 0.5) is 0 Å². The Morgan fingerprint density at radius 1 is 1.43 bits per heavy atom. The van der Waals surface area contributed by atoms with Crippen LogP contribution in [-0.2, 0) is 23.8 Å². The molecular weight excluding hydrogens is 374 g/mol. The summed E-state index contributed by atoms with van der Waals surface area (Å²) in [6.07, 6.45) is -1.71. The monoisotopic (exact) mass is 395 g/mol. The third kappa shape index (κ3) is 4.78. The van der Waals surface area contributed by atoms with E-state index in [1.165, 1.54) is 13.1 Å². The van der Waals surface area contributed by atoms with Gasteiger partial charge >= 0.3 is 17.6 Å². The van der Waals surface area contributed by atoms with Crippen molar-refractivity contribution in [2.45, 2.75) is 58.1 Å². The van der Waals surface area contributed by atoms with Crippen LogP contribution < -0.4 is 11.2 Å². The number of hydrogen-bond donors (Lipinski definition) is 1. The van der Waals surface area contributed by atoms with Gasteiger partial charge in [0, 0.05) is 30.0 Å². The van der Waals surface area contributed by atoms with Crippen molar-refractivity contribution in [3.05, 3.63) is 43.0 Å². The fourth-order valence-electron chi connectivity index (χ4n) is 2.97. The SMILES string of the molecule is CCOC(=O)CC[C@H]1O[C@@H](n2cc(C)c(=O)[nH]c2=O)[C@H](OC(C)=O)[C@@H]1N=[N+]=[N-]. The highest BCUT2D eigenvalue weighted by atomic mass is 16.6. The largest absolute Gasteiger partial charge is 0.466 e. The number of nitrogens with zero attached hydrogens (tertiary/aromatic N) is 4. The summed E-state index contributed by atoms with van der Waals surface area (Å²) < 4.78 is 17.0. The maximum Gasteiger partial charge on any atom is 0.330 e. The zero-order valence-electron chi connectivity index (χ0n) is 15.7. The van der Waals surface area contributed by atoms with Crippen LogP contribution in [0.2, 0.25) is 0 Å². The smallest absolute Gasteiger partial charge is 0.330 e. The maximum atomic E-state index is 12.2. The Balaban J connectivity index is 2.40. The first-order valence-electron chi connectivity index (χ1n) is 8.63. The molecule has 28 heavy (non-hydrogen) atoms. The van der Waals surface area contributed by atoms with Gasteiger partial charge in [-0.2, -0.15) is 0 Å².